The molecule has 0 aliphatic carbocycles. The summed E-state index contributed by atoms with van der Waals surface area (Å²) in [6.07, 6.45) is 0. The molecule has 2 aromatic carbocycles. The molecule has 1 amide bonds. The van der Waals surface area contributed by atoms with Crippen LogP contribution in [0.2, 0.25) is 5.02 Å². The Hall–Kier alpha value is -2.51. The molecular formula is C15H12ClN3O. The summed E-state index contributed by atoms with van der Waals surface area (Å²) in [5.41, 5.74) is 8.08. The van der Waals surface area contributed by atoms with E-state index in [1.54, 1.807) is 24.3 Å². The Morgan fingerprint density at radius 1 is 1.35 bits per heavy atom. The van der Waals surface area contributed by atoms with Crippen LogP contribution in [0.3, 0.4) is 0 Å². The molecule has 5 heteroatoms. The average Bonchev–Trinajstić information content (AvgIpc) is 2.38. The van der Waals surface area contributed by atoms with Gasteiger partial charge < -0.3 is 11.1 Å². The molecule has 0 saturated heterocycles. The van der Waals surface area contributed by atoms with Gasteiger partial charge in [-0.15, -0.1) is 0 Å². The lowest BCUT2D eigenvalue weighted by Crippen LogP contribution is -2.14. The second-order valence-corrected chi connectivity index (χ2v) is 4.71. The van der Waals surface area contributed by atoms with Gasteiger partial charge in [-0.25, -0.2) is 0 Å². The van der Waals surface area contributed by atoms with E-state index in [0.29, 0.717) is 22.5 Å². The molecule has 0 atom stereocenters. The van der Waals surface area contributed by atoms with Crippen molar-refractivity contribution in [2.24, 2.45) is 0 Å². The van der Waals surface area contributed by atoms with Gasteiger partial charge in [-0.1, -0.05) is 23.7 Å². The van der Waals surface area contributed by atoms with Gasteiger partial charge in [0.1, 0.15) is 6.07 Å². The van der Waals surface area contributed by atoms with Crippen molar-refractivity contribution < 1.29 is 4.79 Å². The third-order valence-corrected chi connectivity index (χ3v) is 3.18. The lowest BCUT2D eigenvalue weighted by Gasteiger charge is -2.10. The molecule has 0 bridgehead atoms. The fourth-order valence-corrected chi connectivity index (χ4v) is 2.10. The number of nitriles is 1. The smallest absolute Gasteiger partial charge is 0.257 e. The van der Waals surface area contributed by atoms with E-state index in [-0.39, 0.29) is 10.9 Å². The molecule has 0 fully saturated rings. The summed E-state index contributed by atoms with van der Waals surface area (Å²) in [6, 6.07) is 12.0. The van der Waals surface area contributed by atoms with Crippen LogP contribution in [-0.4, -0.2) is 5.91 Å². The summed E-state index contributed by atoms with van der Waals surface area (Å²) in [4.78, 5) is 12.2. The van der Waals surface area contributed by atoms with Crippen LogP contribution < -0.4 is 11.1 Å². The zero-order valence-corrected chi connectivity index (χ0v) is 11.5. The van der Waals surface area contributed by atoms with Crippen molar-refractivity contribution >= 4 is 28.9 Å². The van der Waals surface area contributed by atoms with Crippen molar-refractivity contribution in [2.45, 2.75) is 6.92 Å². The second-order valence-electron chi connectivity index (χ2n) is 4.30. The first kappa shape index (κ1) is 13.9. The Morgan fingerprint density at radius 3 is 2.75 bits per heavy atom. The normalized spacial score (nSPS) is 9.85. The van der Waals surface area contributed by atoms with Crippen LogP contribution in [-0.2, 0) is 0 Å². The molecule has 4 nitrogen and oxygen atoms in total. The largest absolute Gasteiger partial charge is 0.399 e. The molecule has 0 heterocycles. The van der Waals surface area contributed by atoms with Crippen LogP contribution in [0.15, 0.2) is 36.4 Å². The Balaban J connectivity index is 2.33. The number of nitrogen functional groups attached to an aromatic ring is 1. The van der Waals surface area contributed by atoms with Crippen LogP contribution in [0, 0.1) is 18.3 Å². The lowest BCUT2D eigenvalue weighted by molar-refractivity contribution is 0.102. The van der Waals surface area contributed by atoms with Gasteiger partial charge >= 0.3 is 0 Å². The van der Waals surface area contributed by atoms with E-state index in [9.17, 15) is 4.79 Å². The van der Waals surface area contributed by atoms with E-state index >= 15 is 0 Å². The minimum absolute atomic E-state index is 0.272. The highest BCUT2D eigenvalue weighted by atomic mass is 35.5. The van der Waals surface area contributed by atoms with E-state index in [4.69, 9.17) is 22.6 Å². The highest BCUT2D eigenvalue weighted by Crippen LogP contribution is 2.23. The van der Waals surface area contributed by atoms with Crippen molar-refractivity contribution in [3.8, 4) is 6.07 Å². The Labute approximate surface area is 121 Å². The van der Waals surface area contributed by atoms with Gasteiger partial charge in [0, 0.05) is 5.69 Å². The molecule has 0 aromatic heterocycles. The topological polar surface area (TPSA) is 78.9 Å². The number of nitrogens with one attached hydrogen (secondary N) is 1. The summed E-state index contributed by atoms with van der Waals surface area (Å²) in [5, 5.41) is 12.1. The maximum atomic E-state index is 12.2. The van der Waals surface area contributed by atoms with Crippen LogP contribution in [0.25, 0.3) is 0 Å². The van der Waals surface area contributed by atoms with E-state index in [1.807, 2.05) is 13.0 Å². The van der Waals surface area contributed by atoms with Crippen LogP contribution in [0.5, 0.6) is 0 Å². The Morgan fingerprint density at radius 2 is 2.10 bits per heavy atom. The summed E-state index contributed by atoms with van der Waals surface area (Å²) >= 11 is 5.99. The first-order valence-corrected chi connectivity index (χ1v) is 6.27. The van der Waals surface area contributed by atoms with Crippen LogP contribution >= 0.6 is 11.6 Å². The molecule has 0 radical (unpaired) electrons. The zero-order valence-electron chi connectivity index (χ0n) is 10.8. The molecule has 20 heavy (non-hydrogen) atoms. The average molecular weight is 286 g/mol. The Kier molecular flexibility index (Phi) is 3.92. The molecule has 0 aliphatic rings. The van der Waals surface area contributed by atoms with Gasteiger partial charge in [0.2, 0.25) is 0 Å². The molecule has 0 spiro atoms. The fourth-order valence-electron chi connectivity index (χ4n) is 1.83. The van der Waals surface area contributed by atoms with Crippen molar-refractivity contribution in [3.63, 3.8) is 0 Å². The molecule has 2 aromatic rings. The number of aryl methyl sites for hydroxylation is 1. The number of hydrogen-bond acceptors (Lipinski definition) is 3. The fraction of sp³-hybridized carbons (Fsp3) is 0.0667. The predicted molar refractivity (Wildman–Crippen MR) is 79.7 cm³/mol. The van der Waals surface area contributed by atoms with Gasteiger partial charge in [-0.3, -0.25) is 4.79 Å². The molecule has 3 N–H and O–H groups in total. The van der Waals surface area contributed by atoms with Crippen molar-refractivity contribution in [3.05, 3.63) is 58.1 Å². The Bertz CT molecular complexity index is 720. The molecule has 0 unspecified atom stereocenters. The molecule has 100 valence electrons. The molecule has 0 saturated carbocycles. The first-order chi connectivity index (χ1) is 9.52. The zero-order chi connectivity index (χ0) is 14.7. The number of amides is 1. The van der Waals surface area contributed by atoms with E-state index in [2.05, 4.69) is 11.4 Å². The molecule has 2 rings (SSSR count). The number of carbonyl (C=O) groups is 1. The van der Waals surface area contributed by atoms with E-state index in [0.717, 1.165) is 5.56 Å². The second kappa shape index (κ2) is 5.64. The van der Waals surface area contributed by atoms with Gasteiger partial charge in [0.25, 0.3) is 5.91 Å². The minimum atomic E-state index is -0.378. The predicted octanol–water partition coefficient (Wildman–Crippen LogP) is 3.35. The van der Waals surface area contributed by atoms with E-state index in [1.165, 1.54) is 6.07 Å². The highest BCUT2D eigenvalue weighted by molar-refractivity contribution is 6.34. The number of anilines is 2. The van der Waals surface area contributed by atoms with Crippen molar-refractivity contribution in [1.82, 2.24) is 0 Å². The SMILES string of the molecule is Cc1cccc(NC(=O)c2ccc(N)cc2Cl)c1C#N. The number of nitrogens with two attached hydrogens (primary N) is 1. The first-order valence-electron chi connectivity index (χ1n) is 5.89. The van der Waals surface area contributed by atoms with Gasteiger partial charge in [0.15, 0.2) is 0 Å². The standard InChI is InChI=1S/C15H12ClN3O/c1-9-3-2-4-14(12(9)8-17)19-15(20)11-6-5-10(18)7-13(11)16/h2-7H,18H2,1H3,(H,19,20). The third-order valence-electron chi connectivity index (χ3n) is 2.87. The van der Waals surface area contributed by atoms with E-state index < -0.39 is 0 Å². The number of halogens is 1. The van der Waals surface area contributed by atoms with Gasteiger partial charge in [-0.2, -0.15) is 5.26 Å². The van der Waals surface area contributed by atoms with Crippen molar-refractivity contribution in [1.29, 1.82) is 5.26 Å². The molecule has 0 aliphatic heterocycles. The molecular weight excluding hydrogens is 274 g/mol. The van der Waals surface area contributed by atoms with Gasteiger partial charge in [0.05, 0.1) is 21.8 Å². The van der Waals surface area contributed by atoms with Crippen molar-refractivity contribution in [2.75, 3.05) is 11.1 Å². The summed E-state index contributed by atoms with van der Waals surface area (Å²) in [5.74, 6) is -0.378. The monoisotopic (exact) mass is 285 g/mol. The van der Waals surface area contributed by atoms with Crippen LogP contribution in [0.1, 0.15) is 21.5 Å². The quantitative estimate of drug-likeness (QED) is 0.831. The number of carbonyl (C=O) groups excluding carboxylic acids is 1. The number of rotatable bonds is 2. The highest BCUT2D eigenvalue weighted by Gasteiger charge is 2.13. The van der Waals surface area contributed by atoms with Crippen LogP contribution in [0.4, 0.5) is 11.4 Å². The number of benzene rings is 2. The maximum Gasteiger partial charge on any atom is 0.257 e. The third kappa shape index (κ3) is 2.73. The number of hydrogen-bond donors (Lipinski definition) is 2. The van der Waals surface area contributed by atoms with Gasteiger partial charge in [-0.05, 0) is 36.8 Å². The number of nitrogens with zero attached hydrogens (tertiary/aromatic N) is 1. The summed E-state index contributed by atoms with van der Waals surface area (Å²) < 4.78 is 0. The summed E-state index contributed by atoms with van der Waals surface area (Å²) in [7, 11) is 0. The minimum Gasteiger partial charge on any atom is -0.399 e. The maximum absolute atomic E-state index is 12.2. The summed E-state index contributed by atoms with van der Waals surface area (Å²) in [6.45, 7) is 1.81. The lowest BCUT2D eigenvalue weighted by atomic mass is 10.1.